The molecule has 0 radical (unpaired) electrons. The smallest absolute Gasteiger partial charge is 0.355 e. The summed E-state index contributed by atoms with van der Waals surface area (Å²) in [5.41, 5.74) is 1.85. The number of aromatic amines is 1. The Balaban J connectivity index is 2.00. The molecule has 2 heterocycles. The fourth-order valence-corrected chi connectivity index (χ4v) is 3.79. The molecule has 2 rings (SSSR count). The number of nitrogens with one attached hydrogen (secondary N) is 1. The summed E-state index contributed by atoms with van der Waals surface area (Å²) in [6.45, 7) is 6.86. The lowest BCUT2D eigenvalue weighted by Gasteiger charge is -2.16. The maximum absolute atomic E-state index is 12.3. The lowest BCUT2D eigenvalue weighted by molar-refractivity contribution is -0.137. The zero-order valence-electron chi connectivity index (χ0n) is 15.7. The van der Waals surface area contributed by atoms with Crippen LogP contribution in [0.25, 0.3) is 0 Å². The Morgan fingerprint density at radius 3 is 2.56 bits per heavy atom. The molecule has 0 atom stereocenters. The predicted octanol–water partition coefficient (Wildman–Crippen LogP) is 1.97. The van der Waals surface area contributed by atoms with Gasteiger partial charge in [0.1, 0.15) is 12.3 Å². The Hall–Kier alpha value is -2.55. The Labute approximate surface area is 161 Å². The van der Waals surface area contributed by atoms with Crippen molar-refractivity contribution in [2.45, 2.75) is 27.7 Å². The molecule has 1 aromatic rings. The van der Waals surface area contributed by atoms with Crippen LogP contribution in [0.4, 0.5) is 0 Å². The molecule has 146 valence electrons. The van der Waals surface area contributed by atoms with Crippen molar-refractivity contribution in [1.82, 2.24) is 9.88 Å². The molecule has 0 aromatic carbocycles. The number of Topliss-reactive ketones (excluding diaryl/α,β-unsaturated/α-hetero) is 1. The largest absolute Gasteiger partial charge is 0.463 e. The van der Waals surface area contributed by atoms with E-state index >= 15 is 0 Å². The third-order valence-corrected chi connectivity index (χ3v) is 5.01. The molecular formula is C18H22N2O6S. The molecule has 1 aliphatic rings. The van der Waals surface area contributed by atoms with Crippen LogP contribution in [0, 0.1) is 13.8 Å². The molecule has 0 bridgehead atoms. The number of amides is 1. The van der Waals surface area contributed by atoms with Crippen molar-refractivity contribution in [3.63, 3.8) is 0 Å². The molecule has 27 heavy (non-hydrogen) atoms. The SMILES string of the molecule is CCOC(=O)/C=C1\SCC(=O)N1CCOC(=O)c1[nH]c(C)c(C(C)=O)c1C. The van der Waals surface area contributed by atoms with Gasteiger partial charge < -0.3 is 19.4 Å². The van der Waals surface area contributed by atoms with E-state index in [1.54, 1.807) is 20.8 Å². The fourth-order valence-electron chi connectivity index (χ4n) is 2.84. The number of carbonyl (C=O) groups is 4. The molecule has 1 aromatic heterocycles. The highest BCUT2D eigenvalue weighted by molar-refractivity contribution is 8.04. The Kier molecular flexibility index (Phi) is 6.84. The molecule has 1 fully saturated rings. The molecule has 9 heteroatoms. The van der Waals surface area contributed by atoms with Crippen molar-refractivity contribution in [2.24, 2.45) is 0 Å². The number of hydrogen-bond acceptors (Lipinski definition) is 7. The van der Waals surface area contributed by atoms with Gasteiger partial charge in [0.2, 0.25) is 5.91 Å². The Morgan fingerprint density at radius 1 is 1.26 bits per heavy atom. The van der Waals surface area contributed by atoms with Crippen molar-refractivity contribution in [2.75, 3.05) is 25.5 Å². The number of ether oxygens (including phenoxy) is 2. The van der Waals surface area contributed by atoms with Gasteiger partial charge in [0.25, 0.3) is 0 Å². The highest BCUT2D eigenvalue weighted by Crippen LogP contribution is 2.28. The lowest BCUT2D eigenvalue weighted by Crippen LogP contribution is -2.29. The summed E-state index contributed by atoms with van der Waals surface area (Å²) in [7, 11) is 0. The van der Waals surface area contributed by atoms with Crippen LogP contribution in [0.2, 0.25) is 0 Å². The lowest BCUT2D eigenvalue weighted by atomic mass is 10.1. The molecule has 1 N–H and O–H groups in total. The van der Waals surface area contributed by atoms with Crippen LogP contribution in [0.15, 0.2) is 11.1 Å². The van der Waals surface area contributed by atoms with Crippen LogP contribution < -0.4 is 0 Å². The highest BCUT2D eigenvalue weighted by Gasteiger charge is 2.28. The molecule has 0 spiro atoms. The third kappa shape index (κ3) is 4.79. The maximum Gasteiger partial charge on any atom is 0.355 e. The second-order valence-corrected chi connectivity index (χ2v) is 6.88. The summed E-state index contributed by atoms with van der Waals surface area (Å²) < 4.78 is 10.1. The summed E-state index contributed by atoms with van der Waals surface area (Å²) in [4.78, 5) is 51.8. The molecule has 1 aliphatic heterocycles. The first-order valence-electron chi connectivity index (χ1n) is 8.45. The third-order valence-electron chi connectivity index (χ3n) is 3.98. The van der Waals surface area contributed by atoms with Gasteiger partial charge in [0, 0.05) is 11.3 Å². The number of aromatic nitrogens is 1. The number of H-pyrrole nitrogens is 1. The van der Waals surface area contributed by atoms with Crippen LogP contribution in [-0.2, 0) is 19.1 Å². The number of nitrogens with zero attached hydrogens (tertiary/aromatic N) is 1. The first-order chi connectivity index (χ1) is 12.8. The topological polar surface area (TPSA) is 106 Å². The van der Waals surface area contributed by atoms with Crippen molar-refractivity contribution >= 4 is 35.4 Å². The van der Waals surface area contributed by atoms with Gasteiger partial charge in [0.05, 0.1) is 30.0 Å². The molecular weight excluding hydrogens is 372 g/mol. The summed E-state index contributed by atoms with van der Waals surface area (Å²) in [6, 6.07) is 0. The van der Waals surface area contributed by atoms with E-state index in [1.807, 2.05) is 0 Å². The Bertz CT molecular complexity index is 811. The molecule has 1 amide bonds. The Morgan fingerprint density at radius 2 is 1.96 bits per heavy atom. The van der Waals surface area contributed by atoms with Crippen LogP contribution in [-0.4, -0.2) is 59.0 Å². The summed E-state index contributed by atoms with van der Waals surface area (Å²) in [5.74, 6) is -1.20. The first kappa shape index (κ1) is 20.8. The van der Waals surface area contributed by atoms with E-state index in [2.05, 4.69) is 4.98 Å². The maximum atomic E-state index is 12.3. The van der Waals surface area contributed by atoms with E-state index in [4.69, 9.17) is 9.47 Å². The van der Waals surface area contributed by atoms with Crippen molar-refractivity contribution in [3.05, 3.63) is 33.6 Å². The van der Waals surface area contributed by atoms with Crippen LogP contribution >= 0.6 is 11.8 Å². The molecule has 0 aliphatic carbocycles. The van der Waals surface area contributed by atoms with Gasteiger partial charge in [-0.1, -0.05) is 11.8 Å². The molecule has 8 nitrogen and oxygen atoms in total. The van der Waals surface area contributed by atoms with Crippen LogP contribution in [0.1, 0.15) is 46.0 Å². The van der Waals surface area contributed by atoms with Gasteiger partial charge in [-0.3, -0.25) is 9.59 Å². The van der Waals surface area contributed by atoms with Crippen LogP contribution in [0.5, 0.6) is 0 Å². The van der Waals surface area contributed by atoms with E-state index in [1.165, 1.54) is 29.7 Å². The number of hydrogen-bond donors (Lipinski definition) is 1. The number of esters is 2. The van der Waals surface area contributed by atoms with E-state index in [0.29, 0.717) is 21.8 Å². The van der Waals surface area contributed by atoms with Gasteiger partial charge >= 0.3 is 11.9 Å². The normalized spacial score (nSPS) is 15.3. The van der Waals surface area contributed by atoms with Gasteiger partial charge in [-0.05, 0) is 33.3 Å². The minimum atomic E-state index is -0.599. The zero-order chi connectivity index (χ0) is 20.1. The van der Waals surface area contributed by atoms with E-state index < -0.39 is 11.9 Å². The minimum absolute atomic E-state index is 0.0434. The zero-order valence-corrected chi connectivity index (χ0v) is 16.5. The van der Waals surface area contributed by atoms with Crippen molar-refractivity contribution in [3.8, 4) is 0 Å². The number of thioether (sulfide) groups is 1. The molecule has 0 saturated carbocycles. The van der Waals surface area contributed by atoms with Crippen LogP contribution in [0.3, 0.4) is 0 Å². The second-order valence-electron chi connectivity index (χ2n) is 5.89. The van der Waals surface area contributed by atoms with E-state index in [0.717, 1.165) is 0 Å². The fraction of sp³-hybridized carbons (Fsp3) is 0.444. The standard InChI is InChI=1S/C18H22N2O6S/c1-5-25-15(23)8-14-20(13(22)9-27-14)6-7-26-18(24)17-10(2)16(12(4)21)11(3)19-17/h8,19H,5-7,9H2,1-4H3/b14-8-. The van der Waals surface area contributed by atoms with Gasteiger partial charge in [-0.25, -0.2) is 9.59 Å². The quantitative estimate of drug-likeness (QED) is 0.428. The predicted molar refractivity (Wildman–Crippen MR) is 99.4 cm³/mol. The minimum Gasteiger partial charge on any atom is -0.463 e. The average molecular weight is 394 g/mol. The van der Waals surface area contributed by atoms with Crippen molar-refractivity contribution < 1.29 is 28.7 Å². The van der Waals surface area contributed by atoms with Gasteiger partial charge in [0.15, 0.2) is 5.78 Å². The molecule has 1 saturated heterocycles. The number of ketones is 1. The monoisotopic (exact) mass is 394 g/mol. The van der Waals surface area contributed by atoms with E-state index in [-0.39, 0.29) is 42.9 Å². The van der Waals surface area contributed by atoms with Gasteiger partial charge in [-0.15, -0.1) is 0 Å². The number of aryl methyl sites for hydroxylation is 1. The van der Waals surface area contributed by atoms with Crippen molar-refractivity contribution in [1.29, 1.82) is 0 Å². The number of carbonyl (C=O) groups excluding carboxylic acids is 4. The molecule has 0 unspecified atom stereocenters. The highest BCUT2D eigenvalue weighted by atomic mass is 32.2. The van der Waals surface area contributed by atoms with E-state index in [9.17, 15) is 19.2 Å². The summed E-state index contributed by atoms with van der Waals surface area (Å²) in [6.07, 6.45) is 1.26. The average Bonchev–Trinajstić information content (AvgIpc) is 3.08. The number of rotatable bonds is 7. The summed E-state index contributed by atoms with van der Waals surface area (Å²) in [5, 5.41) is 0.472. The van der Waals surface area contributed by atoms with Gasteiger partial charge in [-0.2, -0.15) is 0 Å². The first-order valence-corrected chi connectivity index (χ1v) is 9.43. The second kappa shape index (κ2) is 8.90. The summed E-state index contributed by atoms with van der Waals surface area (Å²) >= 11 is 1.23.